The van der Waals surface area contributed by atoms with Crippen LogP contribution in [-0.2, 0) is 0 Å². The third kappa shape index (κ3) is 5.21. The fourth-order valence-electron chi connectivity index (χ4n) is 9.14. The molecular weight excluding hydrogens is 608 g/mol. The molecule has 1 aliphatic carbocycles. The van der Waals surface area contributed by atoms with E-state index in [1.807, 2.05) is 48.5 Å². The van der Waals surface area contributed by atoms with E-state index in [4.69, 9.17) is 0 Å². The Labute approximate surface area is 288 Å². The maximum absolute atomic E-state index is 14.0. The van der Waals surface area contributed by atoms with Crippen LogP contribution in [-0.4, -0.2) is 46.0 Å². The van der Waals surface area contributed by atoms with Gasteiger partial charge in [-0.3, -0.25) is 29.0 Å². The van der Waals surface area contributed by atoms with Gasteiger partial charge in [0.25, 0.3) is 23.6 Å². The van der Waals surface area contributed by atoms with Gasteiger partial charge in [-0.05, 0) is 75.8 Å². The maximum Gasteiger partial charge on any atom is 0.261 e. The Morgan fingerprint density at radius 2 is 0.857 bits per heavy atom. The van der Waals surface area contributed by atoms with Crippen LogP contribution in [0.2, 0.25) is 0 Å². The SMILES string of the molecule is CCCCCCCCCCCCN1C(=O)c2ccc3c4ccc5c6c(ccc(c7ccc(c2c37)C1=O)c64)C(=O)N(C1CCCCCC1)C5=O. The van der Waals surface area contributed by atoms with E-state index in [-0.39, 0.29) is 29.7 Å². The number of amides is 4. The van der Waals surface area contributed by atoms with Crippen LogP contribution in [0.3, 0.4) is 0 Å². The summed E-state index contributed by atoms with van der Waals surface area (Å²) in [4.78, 5) is 58.8. The summed E-state index contributed by atoms with van der Waals surface area (Å²) in [5, 5.41) is 6.98. The van der Waals surface area contributed by atoms with Crippen molar-refractivity contribution in [2.45, 2.75) is 116 Å². The molecule has 4 amide bonds. The standard InChI is InChI=1S/C43H46N2O4/c1-2-3-4-5-6-7-8-9-12-15-26-44-40(46)32-22-18-28-30-20-24-34-39-35(43(49)45(42(34)48)27-16-13-10-11-14-17-27)25-21-31(37(30)39)29-19-23-33(41(44)47)38(32)36(28)29/h18-25,27H,2-17,26H2,1H3. The second-order valence-electron chi connectivity index (χ2n) is 14.7. The number of benzene rings is 5. The molecule has 2 heterocycles. The van der Waals surface area contributed by atoms with E-state index < -0.39 is 0 Å². The Balaban J connectivity index is 1.11. The molecule has 5 aromatic rings. The van der Waals surface area contributed by atoms with Crippen molar-refractivity contribution < 1.29 is 19.2 Å². The van der Waals surface area contributed by atoms with Crippen LogP contribution in [0.1, 0.15) is 151 Å². The Morgan fingerprint density at radius 1 is 0.469 bits per heavy atom. The van der Waals surface area contributed by atoms with Gasteiger partial charge in [-0.1, -0.05) is 115 Å². The zero-order valence-electron chi connectivity index (χ0n) is 28.7. The van der Waals surface area contributed by atoms with E-state index >= 15 is 0 Å². The van der Waals surface area contributed by atoms with E-state index in [0.717, 1.165) is 101 Å². The fraction of sp³-hybridized carbons (Fsp3) is 0.442. The van der Waals surface area contributed by atoms with E-state index in [1.54, 1.807) is 4.90 Å². The van der Waals surface area contributed by atoms with Gasteiger partial charge in [0.2, 0.25) is 0 Å². The highest BCUT2D eigenvalue weighted by atomic mass is 16.2. The highest BCUT2D eigenvalue weighted by Crippen LogP contribution is 2.46. The molecule has 1 saturated carbocycles. The second-order valence-corrected chi connectivity index (χ2v) is 14.7. The van der Waals surface area contributed by atoms with Crippen LogP contribution in [0.25, 0.3) is 43.1 Å². The van der Waals surface area contributed by atoms with E-state index in [9.17, 15) is 19.2 Å². The van der Waals surface area contributed by atoms with Crippen LogP contribution in [0.4, 0.5) is 0 Å². The number of unbranched alkanes of at least 4 members (excludes halogenated alkanes) is 9. The topological polar surface area (TPSA) is 74.8 Å². The molecule has 3 aliphatic rings. The van der Waals surface area contributed by atoms with E-state index in [0.29, 0.717) is 28.8 Å². The number of fused-ring (bicyclic) bond motifs is 2. The summed E-state index contributed by atoms with van der Waals surface area (Å²) in [6, 6.07) is 15.4. The monoisotopic (exact) mass is 654 g/mol. The van der Waals surface area contributed by atoms with Crippen LogP contribution in [0.5, 0.6) is 0 Å². The first-order valence-corrected chi connectivity index (χ1v) is 19.0. The van der Waals surface area contributed by atoms with Crippen LogP contribution >= 0.6 is 0 Å². The van der Waals surface area contributed by atoms with Gasteiger partial charge < -0.3 is 0 Å². The summed E-state index contributed by atoms with van der Waals surface area (Å²) in [5.41, 5.74) is 2.31. The molecule has 49 heavy (non-hydrogen) atoms. The minimum Gasteiger partial charge on any atom is -0.274 e. The third-order valence-electron chi connectivity index (χ3n) is 11.7. The second kappa shape index (κ2) is 13.2. The first-order chi connectivity index (χ1) is 24.0. The van der Waals surface area contributed by atoms with Crippen molar-refractivity contribution in [3.8, 4) is 0 Å². The van der Waals surface area contributed by atoms with Gasteiger partial charge in [0.05, 0.1) is 0 Å². The maximum atomic E-state index is 14.0. The van der Waals surface area contributed by atoms with Crippen molar-refractivity contribution in [3.63, 3.8) is 0 Å². The Hall–Kier alpha value is -4.32. The molecule has 0 bridgehead atoms. The average Bonchev–Trinajstić information content (AvgIpc) is 3.40. The molecular formula is C43H46N2O4. The van der Waals surface area contributed by atoms with Gasteiger partial charge >= 0.3 is 0 Å². The van der Waals surface area contributed by atoms with Crippen molar-refractivity contribution in [2.75, 3.05) is 6.54 Å². The number of carbonyl (C=O) groups excluding carboxylic acids is 4. The number of rotatable bonds is 12. The number of imide groups is 2. The van der Waals surface area contributed by atoms with Gasteiger partial charge in [-0.2, -0.15) is 0 Å². The predicted molar refractivity (Wildman–Crippen MR) is 197 cm³/mol. The first-order valence-electron chi connectivity index (χ1n) is 19.0. The van der Waals surface area contributed by atoms with Crippen molar-refractivity contribution in [1.82, 2.24) is 9.80 Å². The highest BCUT2D eigenvalue weighted by molar-refractivity contribution is 6.41. The minimum atomic E-state index is -0.219. The quantitative estimate of drug-likeness (QED) is 0.0441. The lowest BCUT2D eigenvalue weighted by Gasteiger charge is -2.34. The third-order valence-corrected chi connectivity index (χ3v) is 11.7. The minimum absolute atomic E-state index is 0.0606. The van der Waals surface area contributed by atoms with Gasteiger partial charge in [0, 0.05) is 45.6 Å². The molecule has 0 saturated heterocycles. The van der Waals surface area contributed by atoms with Gasteiger partial charge in [0.1, 0.15) is 0 Å². The lowest BCUT2D eigenvalue weighted by molar-refractivity contribution is 0.0521. The molecule has 0 unspecified atom stereocenters. The molecule has 8 rings (SSSR count). The Bertz CT molecular complexity index is 2000. The molecule has 6 heteroatoms. The van der Waals surface area contributed by atoms with Crippen molar-refractivity contribution in [2.24, 2.45) is 0 Å². The summed E-state index contributed by atoms with van der Waals surface area (Å²) in [7, 11) is 0. The molecule has 2 aliphatic heterocycles. The summed E-state index contributed by atoms with van der Waals surface area (Å²) >= 11 is 0. The van der Waals surface area contributed by atoms with E-state index in [2.05, 4.69) is 6.92 Å². The molecule has 0 atom stereocenters. The lowest BCUT2D eigenvalue weighted by atomic mass is 9.82. The van der Waals surface area contributed by atoms with Gasteiger partial charge in [-0.25, -0.2) is 0 Å². The van der Waals surface area contributed by atoms with Gasteiger partial charge in [-0.15, -0.1) is 0 Å². The van der Waals surface area contributed by atoms with Crippen molar-refractivity contribution in [3.05, 3.63) is 70.8 Å². The number of hydrogen-bond donors (Lipinski definition) is 0. The highest BCUT2D eigenvalue weighted by Gasteiger charge is 2.39. The molecule has 0 spiro atoms. The summed E-state index contributed by atoms with van der Waals surface area (Å²) in [6.07, 6.45) is 18.1. The van der Waals surface area contributed by atoms with Crippen LogP contribution in [0.15, 0.2) is 48.5 Å². The number of nitrogens with zero attached hydrogens (tertiary/aromatic N) is 2. The molecule has 252 valence electrons. The molecule has 0 radical (unpaired) electrons. The van der Waals surface area contributed by atoms with Crippen molar-refractivity contribution >= 4 is 66.7 Å². The number of carbonyl (C=O) groups is 4. The molecule has 0 aromatic heterocycles. The normalized spacial score (nSPS) is 17.1. The summed E-state index contributed by atoms with van der Waals surface area (Å²) in [6.45, 7) is 2.68. The smallest absolute Gasteiger partial charge is 0.261 e. The fourth-order valence-corrected chi connectivity index (χ4v) is 9.14. The van der Waals surface area contributed by atoms with E-state index in [1.165, 1.54) is 49.8 Å². The Morgan fingerprint density at radius 3 is 1.29 bits per heavy atom. The average molecular weight is 655 g/mol. The predicted octanol–water partition coefficient (Wildman–Crippen LogP) is 10.6. The molecule has 0 N–H and O–H groups in total. The summed E-state index contributed by atoms with van der Waals surface area (Å²) < 4.78 is 0. The molecule has 6 nitrogen and oxygen atoms in total. The summed E-state index contributed by atoms with van der Waals surface area (Å²) in [5.74, 6) is -0.823. The zero-order valence-corrected chi connectivity index (χ0v) is 28.7. The molecule has 1 fully saturated rings. The largest absolute Gasteiger partial charge is 0.274 e. The van der Waals surface area contributed by atoms with Crippen molar-refractivity contribution in [1.29, 1.82) is 0 Å². The first kappa shape index (κ1) is 31.9. The molecule has 5 aromatic carbocycles. The van der Waals surface area contributed by atoms with Crippen LogP contribution in [0, 0.1) is 0 Å². The van der Waals surface area contributed by atoms with Gasteiger partial charge in [0.15, 0.2) is 0 Å². The lowest BCUT2D eigenvalue weighted by Crippen LogP contribution is -2.47. The number of hydrogen-bond acceptors (Lipinski definition) is 4. The van der Waals surface area contributed by atoms with Crippen LogP contribution < -0.4 is 0 Å². The zero-order chi connectivity index (χ0) is 33.6. The Kier molecular flexibility index (Phi) is 8.59.